The molecule has 2 amide bonds. The fraction of sp³-hybridized carbons (Fsp3) is 0.412. The lowest BCUT2D eigenvalue weighted by molar-refractivity contribution is -0.348. The molecule has 0 saturated carbocycles. The van der Waals surface area contributed by atoms with Gasteiger partial charge in [-0.3, -0.25) is 9.59 Å². The monoisotopic (exact) mass is 714 g/mol. The Morgan fingerprint density at radius 3 is 2.20 bits per heavy atom. The SMILES string of the molecule is Cc1ccc(CN2C(=O)CC[C@H]2C(=O)N2CCC3(S(=O)(=O)c4cccc(F)c4)c4ccc(C(F)(C(F)(F)F)C(F)(F)F)cc4CCC23)cc1. The van der Waals surface area contributed by atoms with E-state index >= 15 is 4.39 Å². The van der Waals surface area contributed by atoms with E-state index in [-0.39, 0.29) is 68.3 Å². The standard InChI is InChI=1S/C34H30F8N2O4S/c1-20-5-7-21(8-6-20)19-44-27(12-14-29(44)45)30(46)43-16-15-31(49(47,48)25-4-2-3-24(35)18-25)26-11-10-23(17-22(26)9-13-28(31)43)32(36,33(37,38)39)34(40,41)42/h2-8,10-11,17-18,27-28H,9,12-16,19H2,1H3/t27-,28?,31?/m0/s1. The number of halogens is 8. The predicted octanol–water partition coefficient (Wildman–Crippen LogP) is 6.83. The second kappa shape index (κ2) is 11.8. The molecule has 3 atom stereocenters. The van der Waals surface area contributed by atoms with Gasteiger partial charge in [-0.25, -0.2) is 17.2 Å². The van der Waals surface area contributed by atoms with Crippen LogP contribution in [0.4, 0.5) is 35.1 Å². The van der Waals surface area contributed by atoms with Gasteiger partial charge in [-0.05, 0) is 67.5 Å². The lowest BCUT2D eigenvalue weighted by Crippen LogP contribution is -2.55. The van der Waals surface area contributed by atoms with E-state index < -0.39 is 66.9 Å². The lowest BCUT2D eigenvalue weighted by atomic mass is 9.76. The number of alkyl halides is 7. The van der Waals surface area contributed by atoms with Gasteiger partial charge in [0.15, 0.2) is 9.84 Å². The van der Waals surface area contributed by atoms with Crippen molar-refractivity contribution in [3.8, 4) is 0 Å². The van der Waals surface area contributed by atoms with Crippen LogP contribution >= 0.6 is 0 Å². The summed E-state index contributed by atoms with van der Waals surface area (Å²) in [5.41, 5.74) is -6.23. The number of likely N-dealkylation sites (tertiary alicyclic amines) is 2. The molecule has 0 bridgehead atoms. The summed E-state index contributed by atoms with van der Waals surface area (Å²) in [4.78, 5) is 29.4. The highest BCUT2D eigenvalue weighted by Crippen LogP contribution is 2.57. The van der Waals surface area contributed by atoms with Gasteiger partial charge in [0, 0.05) is 25.1 Å². The molecule has 0 N–H and O–H groups in total. The molecular weight excluding hydrogens is 684 g/mol. The summed E-state index contributed by atoms with van der Waals surface area (Å²) in [7, 11) is -4.72. The van der Waals surface area contributed by atoms with Gasteiger partial charge in [0.1, 0.15) is 16.6 Å². The van der Waals surface area contributed by atoms with Crippen LogP contribution < -0.4 is 0 Å². The summed E-state index contributed by atoms with van der Waals surface area (Å²) in [5.74, 6) is -1.77. The first kappa shape index (κ1) is 34.8. The van der Waals surface area contributed by atoms with Crippen molar-refractivity contribution < 1.29 is 53.1 Å². The molecule has 2 unspecified atom stereocenters. The van der Waals surface area contributed by atoms with Crippen molar-refractivity contribution in [2.75, 3.05) is 6.54 Å². The van der Waals surface area contributed by atoms with E-state index in [0.29, 0.717) is 6.07 Å². The van der Waals surface area contributed by atoms with E-state index in [2.05, 4.69) is 0 Å². The fourth-order valence-corrected chi connectivity index (χ4v) is 10.0. The zero-order valence-corrected chi connectivity index (χ0v) is 26.7. The molecule has 49 heavy (non-hydrogen) atoms. The second-order valence-electron chi connectivity index (χ2n) is 12.8. The molecular formula is C34H30F8N2O4S. The number of hydrogen-bond acceptors (Lipinski definition) is 4. The summed E-state index contributed by atoms with van der Waals surface area (Å²) in [6, 6.07) is 10.5. The van der Waals surface area contributed by atoms with Crippen LogP contribution in [0.15, 0.2) is 71.6 Å². The van der Waals surface area contributed by atoms with Crippen LogP contribution in [0.2, 0.25) is 0 Å². The highest BCUT2D eigenvalue weighted by molar-refractivity contribution is 7.92. The van der Waals surface area contributed by atoms with Gasteiger partial charge in [0.2, 0.25) is 11.8 Å². The van der Waals surface area contributed by atoms with Crippen molar-refractivity contribution in [3.05, 3.63) is 100 Å². The van der Waals surface area contributed by atoms with E-state index in [9.17, 15) is 48.7 Å². The number of amides is 2. The number of rotatable bonds is 6. The van der Waals surface area contributed by atoms with Crippen LogP contribution in [-0.4, -0.2) is 61.0 Å². The van der Waals surface area contributed by atoms with Crippen molar-refractivity contribution in [2.45, 2.75) is 85.3 Å². The van der Waals surface area contributed by atoms with Gasteiger partial charge in [-0.1, -0.05) is 54.1 Å². The molecule has 3 aromatic rings. The zero-order valence-electron chi connectivity index (χ0n) is 25.9. The molecule has 0 aromatic heterocycles. The Balaban J connectivity index is 1.45. The van der Waals surface area contributed by atoms with Crippen LogP contribution in [0.3, 0.4) is 0 Å². The van der Waals surface area contributed by atoms with Crippen molar-refractivity contribution in [1.82, 2.24) is 9.80 Å². The van der Waals surface area contributed by atoms with Gasteiger partial charge >= 0.3 is 18.0 Å². The van der Waals surface area contributed by atoms with Crippen molar-refractivity contribution >= 4 is 21.7 Å². The van der Waals surface area contributed by atoms with Gasteiger partial charge < -0.3 is 9.80 Å². The minimum Gasteiger partial charge on any atom is -0.336 e. The molecule has 1 aliphatic carbocycles. The first-order chi connectivity index (χ1) is 22.8. The Kier molecular flexibility index (Phi) is 8.39. The number of sulfone groups is 1. The van der Waals surface area contributed by atoms with E-state index in [0.717, 1.165) is 41.5 Å². The summed E-state index contributed by atoms with van der Waals surface area (Å²) in [6.45, 7) is 1.80. The maximum atomic E-state index is 15.1. The largest absolute Gasteiger partial charge is 0.435 e. The first-order valence-electron chi connectivity index (χ1n) is 15.4. The number of benzene rings is 3. The fourth-order valence-electron chi connectivity index (χ4n) is 7.61. The van der Waals surface area contributed by atoms with E-state index in [1.165, 1.54) is 9.80 Å². The summed E-state index contributed by atoms with van der Waals surface area (Å²) in [6.07, 6.45) is -13.4. The highest BCUT2D eigenvalue weighted by atomic mass is 32.2. The third-order valence-corrected chi connectivity index (χ3v) is 12.6. The molecule has 3 aromatic carbocycles. The minimum absolute atomic E-state index is 0.0580. The Bertz CT molecular complexity index is 1900. The average molecular weight is 715 g/mol. The topological polar surface area (TPSA) is 74.8 Å². The Morgan fingerprint density at radius 2 is 1.57 bits per heavy atom. The van der Waals surface area contributed by atoms with Crippen LogP contribution in [0.25, 0.3) is 0 Å². The average Bonchev–Trinajstić information content (AvgIpc) is 3.61. The van der Waals surface area contributed by atoms with Gasteiger partial charge in [-0.15, -0.1) is 0 Å². The second-order valence-corrected chi connectivity index (χ2v) is 15.0. The molecule has 2 saturated heterocycles. The quantitative estimate of drug-likeness (QED) is 0.263. The molecule has 15 heteroatoms. The number of carbonyl (C=O) groups excluding carboxylic acids is 2. The molecule has 6 rings (SSSR count). The van der Waals surface area contributed by atoms with Crippen LogP contribution in [-0.2, 0) is 42.8 Å². The van der Waals surface area contributed by atoms with Crippen molar-refractivity contribution in [1.29, 1.82) is 0 Å². The number of carbonyl (C=O) groups is 2. The van der Waals surface area contributed by atoms with E-state index in [4.69, 9.17) is 0 Å². The van der Waals surface area contributed by atoms with Crippen LogP contribution in [0, 0.1) is 12.7 Å². The van der Waals surface area contributed by atoms with Crippen molar-refractivity contribution in [2.24, 2.45) is 0 Å². The maximum absolute atomic E-state index is 15.1. The molecule has 2 fully saturated rings. The predicted molar refractivity (Wildman–Crippen MR) is 160 cm³/mol. The molecule has 6 nitrogen and oxygen atoms in total. The molecule has 3 aliphatic rings. The van der Waals surface area contributed by atoms with Crippen molar-refractivity contribution in [3.63, 3.8) is 0 Å². The van der Waals surface area contributed by atoms with Crippen LogP contribution in [0.1, 0.15) is 53.5 Å². The highest BCUT2D eigenvalue weighted by Gasteiger charge is 2.74. The number of nitrogens with zero attached hydrogens (tertiary/aromatic N) is 2. The summed E-state index contributed by atoms with van der Waals surface area (Å²) < 4.78 is 138. The minimum atomic E-state index is -6.39. The van der Waals surface area contributed by atoms with Gasteiger partial charge in [-0.2, -0.15) is 26.3 Å². The third-order valence-electron chi connectivity index (χ3n) is 10.0. The number of hydrogen-bond donors (Lipinski definition) is 0. The van der Waals surface area contributed by atoms with E-state index in [1.807, 2.05) is 31.2 Å². The smallest absolute Gasteiger partial charge is 0.336 e. The Morgan fingerprint density at radius 1 is 0.898 bits per heavy atom. The Labute approximate surface area is 276 Å². The molecule has 0 radical (unpaired) electrons. The molecule has 2 aliphatic heterocycles. The van der Waals surface area contributed by atoms with Gasteiger partial charge in [0.05, 0.1) is 10.9 Å². The Hall–Kier alpha value is -4.01. The zero-order chi connectivity index (χ0) is 35.7. The van der Waals surface area contributed by atoms with Crippen LogP contribution in [0.5, 0.6) is 0 Å². The third kappa shape index (κ3) is 5.39. The first-order valence-corrected chi connectivity index (χ1v) is 16.9. The summed E-state index contributed by atoms with van der Waals surface area (Å²) in [5, 5.41) is 0. The number of fused-ring (bicyclic) bond motifs is 3. The van der Waals surface area contributed by atoms with Gasteiger partial charge in [0.25, 0.3) is 0 Å². The molecule has 262 valence electrons. The molecule has 2 heterocycles. The normalized spacial score (nSPS) is 23.1. The molecule has 0 spiro atoms. The maximum Gasteiger partial charge on any atom is 0.435 e. The summed E-state index contributed by atoms with van der Waals surface area (Å²) >= 11 is 0. The lowest BCUT2D eigenvalue weighted by Gasteiger charge is -2.43. The van der Waals surface area contributed by atoms with E-state index in [1.54, 1.807) is 0 Å². The number of aryl methyl sites for hydroxylation is 2.